The summed E-state index contributed by atoms with van der Waals surface area (Å²) < 4.78 is 5.32. The zero-order chi connectivity index (χ0) is 14.8. The van der Waals surface area contributed by atoms with Crippen LogP contribution in [0.3, 0.4) is 0 Å². The van der Waals surface area contributed by atoms with E-state index in [2.05, 4.69) is 10.3 Å². The molecule has 0 saturated heterocycles. The molecule has 0 aromatic carbocycles. The molecule has 2 heterocycles. The minimum atomic E-state index is -0.437. The number of esters is 1. The fraction of sp³-hybridized carbons (Fsp3) is 0.429. The van der Waals surface area contributed by atoms with Crippen LogP contribution in [-0.4, -0.2) is 23.6 Å². The van der Waals surface area contributed by atoms with Gasteiger partial charge in [-0.25, -0.2) is 4.98 Å². The van der Waals surface area contributed by atoms with Crippen molar-refractivity contribution in [2.24, 2.45) is 0 Å². The molecule has 0 spiro atoms. The van der Waals surface area contributed by atoms with E-state index in [0.717, 1.165) is 20.6 Å². The zero-order valence-electron chi connectivity index (χ0n) is 12.0. The van der Waals surface area contributed by atoms with Crippen molar-refractivity contribution in [3.8, 4) is 10.6 Å². The number of hydrogen-bond donors (Lipinski definition) is 1. The molecule has 4 nitrogen and oxygen atoms in total. The average Bonchev–Trinajstić information content (AvgIpc) is 2.93. The van der Waals surface area contributed by atoms with Crippen LogP contribution >= 0.6 is 22.7 Å². The summed E-state index contributed by atoms with van der Waals surface area (Å²) in [7, 11) is 1.85. The third-order valence-electron chi connectivity index (χ3n) is 2.37. The second-order valence-electron chi connectivity index (χ2n) is 5.32. The Morgan fingerprint density at radius 1 is 1.40 bits per heavy atom. The van der Waals surface area contributed by atoms with E-state index in [4.69, 9.17) is 4.74 Å². The van der Waals surface area contributed by atoms with E-state index in [1.165, 1.54) is 0 Å². The summed E-state index contributed by atoms with van der Waals surface area (Å²) in [6.45, 7) is 5.62. The molecule has 1 N–H and O–H groups in total. The number of hydrogen-bond acceptors (Lipinski definition) is 6. The lowest BCUT2D eigenvalue weighted by molar-refractivity contribution is -0.153. The molecule has 108 valence electrons. The second kappa shape index (κ2) is 5.93. The molecule has 2 rings (SSSR count). The number of nitrogens with one attached hydrogen (secondary N) is 1. The van der Waals surface area contributed by atoms with Crippen molar-refractivity contribution < 1.29 is 9.53 Å². The van der Waals surface area contributed by atoms with Crippen molar-refractivity contribution in [3.05, 3.63) is 22.4 Å². The number of aromatic nitrogens is 1. The molecule has 6 heteroatoms. The van der Waals surface area contributed by atoms with Gasteiger partial charge in [0.25, 0.3) is 0 Å². The summed E-state index contributed by atoms with van der Waals surface area (Å²) in [6, 6.07) is 3.96. The Labute approximate surface area is 126 Å². The van der Waals surface area contributed by atoms with Gasteiger partial charge in [-0.05, 0) is 32.9 Å². The van der Waals surface area contributed by atoms with Crippen LogP contribution in [0.1, 0.15) is 25.6 Å². The Kier molecular flexibility index (Phi) is 4.45. The van der Waals surface area contributed by atoms with Crippen LogP contribution < -0.4 is 5.32 Å². The summed E-state index contributed by atoms with van der Waals surface area (Å²) in [5.41, 5.74) is 0.508. The molecule has 0 saturated carbocycles. The van der Waals surface area contributed by atoms with Gasteiger partial charge in [-0.3, -0.25) is 4.79 Å². The molecule has 2 aromatic heterocycles. The first kappa shape index (κ1) is 15.0. The number of rotatable bonds is 4. The van der Waals surface area contributed by atoms with E-state index in [0.29, 0.717) is 6.42 Å². The third kappa shape index (κ3) is 4.05. The van der Waals surface area contributed by atoms with E-state index < -0.39 is 5.60 Å². The molecule has 0 unspecified atom stereocenters. The summed E-state index contributed by atoms with van der Waals surface area (Å²) >= 11 is 3.15. The first-order chi connectivity index (χ1) is 9.37. The quantitative estimate of drug-likeness (QED) is 0.873. The Morgan fingerprint density at radius 2 is 2.15 bits per heavy atom. The van der Waals surface area contributed by atoms with Gasteiger partial charge in [0.2, 0.25) is 0 Å². The van der Waals surface area contributed by atoms with Crippen LogP contribution in [0.5, 0.6) is 0 Å². The number of thiophene rings is 1. The Hall–Kier alpha value is -1.40. The number of carbonyl (C=O) groups is 1. The van der Waals surface area contributed by atoms with Gasteiger partial charge in [-0.15, -0.1) is 22.7 Å². The van der Waals surface area contributed by atoms with Crippen molar-refractivity contribution in [1.82, 2.24) is 4.98 Å². The smallest absolute Gasteiger partial charge is 0.311 e. The number of carbonyl (C=O) groups excluding carboxylic acids is 1. The van der Waals surface area contributed by atoms with Crippen molar-refractivity contribution >= 4 is 33.8 Å². The maximum absolute atomic E-state index is 11.8. The number of nitrogens with zero attached hydrogens (tertiary/aromatic N) is 1. The van der Waals surface area contributed by atoms with Crippen LogP contribution in [0, 0.1) is 0 Å². The molecular weight excluding hydrogens is 292 g/mol. The maximum Gasteiger partial charge on any atom is 0.311 e. The Morgan fingerprint density at radius 3 is 2.75 bits per heavy atom. The third-order valence-corrected chi connectivity index (χ3v) is 4.34. The number of thiazole rings is 1. The van der Waals surface area contributed by atoms with E-state index in [1.54, 1.807) is 22.7 Å². The van der Waals surface area contributed by atoms with Crippen molar-refractivity contribution in [1.29, 1.82) is 0 Å². The highest BCUT2D eigenvalue weighted by Gasteiger charge is 2.17. The van der Waals surface area contributed by atoms with Gasteiger partial charge in [0.05, 0.1) is 17.0 Å². The van der Waals surface area contributed by atoms with Gasteiger partial charge in [-0.2, -0.15) is 0 Å². The normalized spacial score (nSPS) is 11.4. The Bertz CT molecular complexity index is 596. The first-order valence-electron chi connectivity index (χ1n) is 6.31. The lowest BCUT2D eigenvalue weighted by Gasteiger charge is -2.19. The Balaban J connectivity index is 2.04. The van der Waals surface area contributed by atoms with Crippen LogP contribution in [0.25, 0.3) is 10.6 Å². The fourth-order valence-corrected chi connectivity index (χ4v) is 3.33. The standard InChI is InChI=1S/C14H18N2O2S2/c1-14(2,3)18-12(17)7-9-5-6-11(20-9)10-8-19-13(15-4)16-10/h5-6,8H,7H2,1-4H3,(H,15,16). The van der Waals surface area contributed by atoms with Gasteiger partial charge in [0.1, 0.15) is 5.60 Å². The van der Waals surface area contributed by atoms with E-state index in [9.17, 15) is 4.79 Å². The van der Waals surface area contributed by atoms with Gasteiger partial charge >= 0.3 is 5.97 Å². The maximum atomic E-state index is 11.8. The molecule has 2 aromatic rings. The molecule has 0 aliphatic carbocycles. The highest BCUT2D eigenvalue weighted by atomic mass is 32.1. The van der Waals surface area contributed by atoms with Crippen molar-refractivity contribution in [2.75, 3.05) is 12.4 Å². The van der Waals surface area contributed by atoms with Gasteiger partial charge in [0, 0.05) is 17.3 Å². The van der Waals surface area contributed by atoms with Gasteiger partial charge in [-0.1, -0.05) is 0 Å². The number of anilines is 1. The summed E-state index contributed by atoms with van der Waals surface area (Å²) in [6.07, 6.45) is 0.310. The molecule has 0 amide bonds. The molecule has 0 aliphatic rings. The summed E-state index contributed by atoms with van der Waals surface area (Å²) in [5, 5.41) is 5.92. The fourth-order valence-electron chi connectivity index (χ4n) is 1.63. The summed E-state index contributed by atoms with van der Waals surface area (Å²) in [5.74, 6) is -0.194. The average molecular weight is 310 g/mol. The second-order valence-corrected chi connectivity index (χ2v) is 7.34. The molecule has 0 aliphatic heterocycles. The van der Waals surface area contributed by atoms with E-state index in [-0.39, 0.29) is 5.97 Å². The van der Waals surface area contributed by atoms with Crippen molar-refractivity contribution in [2.45, 2.75) is 32.8 Å². The number of ether oxygens (including phenoxy) is 1. The predicted octanol–water partition coefficient (Wildman–Crippen LogP) is 3.80. The van der Waals surface area contributed by atoms with E-state index in [1.807, 2.05) is 45.3 Å². The molecule has 0 bridgehead atoms. The molecule has 0 atom stereocenters. The SMILES string of the molecule is CNc1nc(-c2ccc(CC(=O)OC(C)(C)C)s2)cs1. The van der Waals surface area contributed by atoms with Crippen molar-refractivity contribution in [3.63, 3.8) is 0 Å². The highest BCUT2D eigenvalue weighted by Crippen LogP contribution is 2.31. The van der Waals surface area contributed by atoms with Crippen LogP contribution in [0.15, 0.2) is 17.5 Å². The molecular formula is C14H18N2O2S2. The summed E-state index contributed by atoms with van der Waals surface area (Å²) in [4.78, 5) is 18.3. The lowest BCUT2D eigenvalue weighted by atomic mass is 10.2. The highest BCUT2D eigenvalue weighted by molar-refractivity contribution is 7.17. The monoisotopic (exact) mass is 310 g/mol. The van der Waals surface area contributed by atoms with Crippen LogP contribution in [-0.2, 0) is 16.0 Å². The minimum absolute atomic E-state index is 0.194. The molecule has 0 fully saturated rings. The molecule has 0 radical (unpaired) electrons. The van der Waals surface area contributed by atoms with Crippen LogP contribution in [0.2, 0.25) is 0 Å². The predicted molar refractivity (Wildman–Crippen MR) is 84.5 cm³/mol. The van der Waals surface area contributed by atoms with Crippen LogP contribution in [0.4, 0.5) is 5.13 Å². The largest absolute Gasteiger partial charge is 0.460 e. The van der Waals surface area contributed by atoms with Gasteiger partial charge < -0.3 is 10.1 Å². The van der Waals surface area contributed by atoms with Gasteiger partial charge in [0.15, 0.2) is 5.13 Å². The zero-order valence-corrected chi connectivity index (χ0v) is 13.7. The lowest BCUT2D eigenvalue weighted by Crippen LogP contribution is -2.24. The minimum Gasteiger partial charge on any atom is -0.460 e. The topological polar surface area (TPSA) is 51.2 Å². The van der Waals surface area contributed by atoms with E-state index >= 15 is 0 Å². The first-order valence-corrected chi connectivity index (χ1v) is 8.01. The molecule has 20 heavy (non-hydrogen) atoms.